The lowest BCUT2D eigenvalue weighted by Crippen LogP contribution is -2.12. The minimum absolute atomic E-state index is 0.0104. The van der Waals surface area contributed by atoms with Crippen LogP contribution in [0.2, 0.25) is 0 Å². The lowest BCUT2D eigenvalue weighted by molar-refractivity contribution is -0.0494. The predicted octanol–water partition coefficient (Wildman–Crippen LogP) is 0.800. The van der Waals surface area contributed by atoms with Crippen LogP contribution in [0.3, 0.4) is 0 Å². The molecule has 1 aliphatic rings. The maximum atomic E-state index is 11.8. The average Bonchev–Trinajstić information content (AvgIpc) is 1.69. The molecular formula is C4H5FO2. The normalized spacial score (nSPS) is 28.4. The first-order chi connectivity index (χ1) is 3.39. The van der Waals surface area contributed by atoms with Crippen molar-refractivity contribution in [3.05, 3.63) is 12.5 Å². The zero-order chi connectivity index (χ0) is 5.11. The van der Waals surface area contributed by atoms with Gasteiger partial charge in [0.05, 0.1) is 0 Å². The molecule has 0 aromatic heterocycles. The molecule has 0 aliphatic carbocycles. The van der Waals surface area contributed by atoms with Gasteiger partial charge in [0.1, 0.15) is 12.5 Å². The smallest absolute Gasteiger partial charge is 0.271 e. The van der Waals surface area contributed by atoms with Gasteiger partial charge in [-0.2, -0.15) is 4.39 Å². The molecule has 1 unspecified atom stereocenters. The summed E-state index contributed by atoms with van der Waals surface area (Å²) in [7, 11) is 0. The second-order valence-corrected chi connectivity index (χ2v) is 1.15. The third kappa shape index (κ3) is 1.07. The van der Waals surface area contributed by atoms with Crippen LogP contribution in [0.25, 0.3) is 0 Å². The number of hydrogen-bond donors (Lipinski definition) is 0. The molecule has 1 aliphatic heterocycles. The quantitative estimate of drug-likeness (QED) is 0.452. The molecule has 0 N–H and O–H groups in total. The SMILES string of the molecule is FC1COC=CO1. The molecule has 2 nitrogen and oxygen atoms in total. The van der Waals surface area contributed by atoms with Crippen molar-refractivity contribution in [3.63, 3.8) is 0 Å². The largest absolute Gasteiger partial charge is 0.491 e. The number of ether oxygens (including phenoxy) is 2. The van der Waals surface area contributed by atoms with Crippen molar-refractivity contribution in [3.8, 4) is 0 Å². The lowest BCUT2D eigenvalue weighted by Gasteiger charge is -2.10. The fourth-order valence-electron chi connectivity index (χ4n) is 0.327. The third-order valence-corrected chi connectivity index (χ3v) is 0.605. The molecule has 0 aromatic carbocycles. The molecule has 0 bridgehead atoms. The average molecular weight is 104 g/mol. The summed E-state index contributed by atoms with van der Waals surface area (Å²) in [6.45, 7) is 0.0104. The van der Waals surface area contributed by atoms with Crippen molar-refractivity contribution < 1.29 is 13.9 Å². The van der Waals surface area contributed by atoms with Crippen LogP contribution < -0.4 is 0 Å². The van der Waals surface area contributed by atoms with Crippen LogP contribution in [0.5, 0.6) is 0 Å². The highest BCUT2D eigenvalue weighted by Gasteiger charge is 2.06. The van der Waals surface area contributed by atoms with Crippen LogP contribution in [-0.2, 0) is 9.47 Å². The molecule has 1 atom stereocenters. The fraction of sp³-hybridized carbons (Fsp3) is 0.500. The highest BCUT2D eigenvalue weighted by Crippen LogP contribution is 2.00. The maximum absolute atomic E-state index is 11.8. The van der Waals surface area contributed by atoms with E-state index in [0.29, 0.717) is 0 Å². The predicted molar refractivity (Wildman–Crippen MR) is 21.1 cm³/mol. The summed E-state index contributed by atoms with van der Waals surface area (Å²) in [5.74, 6) is 0. The van der Waals surface area contributed by atoms with Gasteiger partial charge in [-0.1, -0.05) is 0 Å². The van der Waals surface area contributed by atoms with E-state index in [1.165, 1.54) is 12.5 Å². The molecule has 0 amide bonds. The third-order valence-electron chi connectivity index (χ3n) is 0.605. The Hall–Kier alpha value is -0.730. The molecule has 0 fully saturated rings. The summed E-state index contributed by atoms with van der Waals surface area (Å²) in [6, 6.07) is 0. The van der Waals surface area contributed by atoms with Crippen molar-refractivity contribution in [2.24, 2.45) is 0 Å². The van der Waals surface area contributed by atoms with E-state index in [9.17, 15) is 4.39 Å². The summed E-state index contributed by atoms with van der Waals surface area (Å²) < 4.78 is 20.6. The Morgan fingerprint density at radius 2 is 2.43 bits per heavy atom. The molecule has 1 rings (SSSR count). The van der Waals surface area contributed by atoms with Gasteiger partial charge in [0.15, 0.2) is 6.61 Å². The Balaban J connectivity index is 2.32. The van der Waals surface area contributed by atoms with E-state index in [0.717, 1.165) is 0 Å². The van der Waals surface area contributed by atoms with Crippen molar-refractivity contribution in [1.82, 2.24) is 0 Å². The zero-order valence-electron chi connectivity index (χ0n) is 3.63. The van der Waals surface area contributed by atoms with E-state index in [4.69, 9.17) is 0 Å². The molecule has 7 heavy (non-hydrogen) atoms. The van der Waals surface area contributed by atoms with Gasteiger partial charge in [-0.15, -0.1) is 0 Å². The molecule has 0 saturated heterocycles. The van der Waals surface area contributed by atoms with E-state index >= 15 is 0 Å². The van der Waals surface area contributed by atoms with E-state index < -0.39 is 6.36 Å². The number of halogens is 1. The zero-order valence-corrected chi connectivity index (χ0v) is 3.63. The van der Waals surface area contributed by atoms with Gasteiger partial charge in [0, 0.05) is 0 Å². The molecule has 0 spiro atoms. The van der Waals surface area contributed by atoms with Crippen molar-refractivity contribution >= 4 is 0 Å². The van der Waals surface area contributed by atoms with Crippen LogP contribution >= 0.6 is 0 Å². The second-order valence-electron chi connectivity index (χ2n) is 1.15. The van der Waals surface area contributed by atoms with E-state index in [-0.39, 0.29) is 6.61 Å². The monoisotopic (exact) mass is 104 g/mol. The molecule has 3 heteroatoms. The van der Waals surface area contributed by atoms with Crippen LogP contribution in [0.1, 0.15) is 0 Å². The molecule has 0 radical (unpaired) electrons. The highest BCUT2D eigenvalue weighted by molar-refractivity contribution is 4.66. The summed E-state index contributed by atoms with van der Waals surface area (Å²) in [5, 5.41) is 0. The van der Waals surface area contributed by atoms with Gasteiger partial charge >= 0.3 is 0 Å². The Bertz CT molecular complexity index is 81.8. The summed E-state index contributed by atoms with van der Waals surface area (Å²) >= 11 is 0. The minimum atomic E-state index is -1.27. The van der Waals surface area contributed by atoms with Crippen molar-refractivity contribution in [2.75, 3.05) is 6.61 Å². The Labute approximate surface area is 40.5 Å². The standard InChI is InChI=1S/C4H5FO2/c5-4-3-6-1-2-7-4/h1-2,4H,3H2. The van der Waals surface area contributed by atoms with Crippen LogP contribution in [0, 0.1) is 0 Å². The van der Waals surface area contributed by atoms with Crippen LogP contribution in [-0.4, -0.2) is 13.0 Å². The van der Waals surface area contributed by atoms with E-state index in [1.807, 2.05) is 0 Å². The second kappa shape index (κ2) is 1.82. The molecule has 40 valence electrons. The number of rotatable bonds is 0. The lowest BCUT2D eigenvalue weighted by atomic mass is 10.7. The first-order valence-electron chi connectivity index (χ1n) is 1.96. The molecular weight excluding hydrogens is 99.0 g/mol. The van der Waals surface area contributed by atoms with Gasteiger partial charge in [0.2, 0.25) is 0 Å². The first-order valence-corrected chi connectivity index (χ1v) is 1.96. The Kier molecular flexibility index (Phi) is 1.15. The van der Waals surface area contributed by atoms with Gasteiger partial charge < -0.3 is 9.47 Å². The Morgan fingerprint density at radius 1 is 1.57 bits per heavy atom. The van der Waals surface area contributed by atoms with Gasteiger partial charge in [0.25, 0.3) is 6.36 Å². The van der Waals surface area contributed by atoms with Gasteiger partial charge in [-0.25, -0.2) is 0 Å². The van der Waals surface area contributed by atoms with E-state index in [2.05, 4.69) is 9.47 Å². The van der Waals surface area contributed by atoms with E-state index in [1.54, 1.807) is 0 Å². The summed E-state index contributed by atoms with van der Waals surface area (Å²) in [5.41, 5.74) is 0. The molecule has 0 saturated carbocycles. The molecule has 1 heterocycles. The number of alkyl halides is 1. The van der Waals surface area contributed by atoms with Crippen LogP contribution in [0.4, 0.5) is 4.39 Å². The number of hydrogen-bond acceptors (Lipinski definition) is 2. The highest BCUT2D eigenvalue weighted by atomic mass is 19.1. The summed E-state index contributed by atoms with van der Waals surface area (Å²) in [6.07, 6.45) is 1.23. The Morgan fingerprint density at radius 3 is 2.71 bits per heavy atom. The maximum Gasteiger partial charge on any atom is 0.271 e. The van der Waals surface area contributed by atoms with Gasteiger partial charge in [-0.3, -0.25) is 0 Å². The molecule has 0 aromatic rings. The fourth-order valence-corrected chi connectivity index (χ4v) is 0.327. The van der Waals surface area contributed by atoms with Crippen molar-refractivity contribution in [1.29, 1.82) is 0 Å². The minimum Gasteiger partial charge on any atom is -0.491 e. The summed E-state index contributed by atoms with van der Waals surface area (Å²) in [4.78, 5) is 0. The van der Waals surface area contributed by atoms with Crippen LogP contribution in [0.15, 0.2) is 12.5 Å². The van der Waals surface area contributed by atoms with Gasteiger partial charge in [-0.05, 0) is 0 Å². The first kappa shape index (κ1) is 4.43. The topological polar surface area (TPSA) is 18.5 Å². The van der Waals surface area contributed by atoms with Crippen molar-refractivity contribution in [2.45, 2.75) is 6.36 Å².